The maximum Gasteiger partial charge on any atom is 0.168 e. The van der Waals surface area contributed by atoms with E-state index in [9.17, 15) is 4.79 Å². The van der Waals surface area contributed by atoms with Crippen molar-refractivity contribution in [3.05, 3.63) is 17.6 Å². The Hall–Kier alpha value is -1.45. The smallest absolute Gasteiger partial charge is 0.168 e. The quantitative estimate of drug-likeness (QED) is 0.689. The number of nitrogens with zero attached hydrogens (tertiary/aromatic N) is 3. The molecule has 0 bridgehead atoms. The van der Waals surface area contributed by atoms with Gasteiger partial charge in [-0.3, -0.25) is 4.79 Å². The van der Waals surface area contributed by atoms with Gasteiger partial charge in [0, 0.05) is 25.6 Å². The highest BCUT2D eigenvalue weighted by molar-refractivity contribution is 5.73. The van der Waals surface area contributed by atoms with Gasteiger partial charge in [-0.15, -0.1) is 0 Å². The van der Waals surface area contributed by atoms with E-state index < -0.39 is 0 Å². The highest BCUT2D eigenvalue weighted by Crippen LogP contribution is 2.11. The molecule has 0 saturated heterocycles. The minimum atomic E-state index is 0.462. The molecule has 4 nitrogen and oxygen atoms in total. The third-order valence-corrected chi connectivity index (χ3v) is 2.30. The second-order valence-electron chi connectivity index (χ2n) is 3.21. The molecular weight excluding hydrogens is 190 g/mol. The van der Waals surface area contributed by atoms with E-state index in [-0.39, 0.29) is 0 Å². The van der Waals surface area contributed by atoms with Gasteiger partial charge in [0.1, 0.15) is 17.3 Å². The lowest BCUT2D eigenvalue weighted by Gasteiger charge is -2.20. The predicted octanol–water partition coefficient (Wildman–Crippen LogP) is 1.70. The first-order valence-electron chi connectivity index (χ1n) is 5.33. The van der Waals surface area contributed by atoms with Crippen LogP contribution in [-0.4, -0.2) is 29.3 Å². The van der Waals surface area contributed by atoms with E-state index >= 15 is 0 Å². The van der Waals surface area contributed by atoms with Crippen LogP contribution in [-0.2, 0) is 6.42 Å². The molecule has 0 radical (unpaired) electrons. The predicted molar refractivity (Wildman–Crippen MR) is 60.4 cm³/mol. The van der Waals surface area contributed by atoms with Crippen molar-refractivity contribution < 1.29 is 4.79 Å². The van der Waals surface area contributed by atoms with Crippen LogP contribution < -0.4 is 4.90 Å². The van der Waals surface area contributed by atoms with E-state index in [1.165, 1.54) is 0 Å². The molecule has 0 amide bonds. The van der Waals surface area contributed by atoms with Gasteiger partial charge in [-0.1, -0.05) is 6.92 Å². The molecule has 1 heterocycles. The van der Waals surface area contributed by atoms with Crippen LogP contribution in [0.4, 0.5) is 5.82 Å². The van der Waals surface area contributed by atoms with Crippen molar-refractivity contribution in [2.45, 2.75) is 27.2 Å². The molecule has 0 saturated carbocycles. The van der Waals surface area contributed by atoms with Crippen LogP contribution in [0, 0.1) is 0 Å². The van der Waals surface area contributed by atoms with E-state index in [2.05, 4.69) is 28.7 Å². The number of rotatable bonds is 5. The Bertz CT molecular complexity index is 335. The Labute approximate surface area is 90.3 Å². The summed E-state index contributed by atoms with van der Waals surface area (Å²) in [7, 11) is 0. The molecule has 0 unspecified atom stereocenters. The summed E-state index contributed by atoms with van der Waals surface area (Å²) < 4.78 is 0. The second-order valence-corrected chi connectivity index (χ2v) is 3.21. The summed E-state index contributed by atoms with van der Waals surface area (Å²) in [5.41, 5.74) is 0.462. The van der Waals surface area contributed by atoms with E-state index in [1.54, 1.807) is 6.07 Å². The maximum atomic E-state index is 10.7. The maximum absolute atomic E-state index is 10.7. The van der Waals surface area contributed by atoms with Crippen LogP contribution in [0.5, 0.6) is 0 Å². The first-order valence-corrected chi connectivity index (χ1v) is 5.33. The van der Waals surface area contributed by atoms with Gasteiger partial charge in [0.15, 0.2) is 6.29 Å². The van der Waals surface area contributed by atoms with Gasteiger partial charge in [0.2, 0.25) is 0 Å². The Morgan fingerprint density at radius 3 is 2.40 bits per heavy atom. The van der Waals surface area contributed by atoms with Crippen molar-refractivity contribution in [2.75, 3.05) is 18.0 Å². The lowest BCUT2D eigenvalue weighted by molar-refractivity contribution is 0.111. The molecule has 0 aromatic carbocycles. The molecule has 0 aliphatic carbocycles. The van der Waals surface area contributed by atoms with Crippen molar-refractivity contribution in [2.24, 2.45) is 0 Å². The zero-order valence-electron chi connectivity index (χ0n) is 9.53. The van der Waals surface area contributed by atoms with E-state index in [4.69, 9.17) is 0 Å². The number of carbonyl (C=O) groups excluding carboxylic acids is 1. The second kappa shape index (κ2) is 5.44. The fourth-order valence-corrected chi connectivity index (χ4v) is 1.43. The van der Waals surface area contributed by atoms with Crippen LogP contribution in [0.3, 0.4) is 0 Å². The summed E-state index contributed by atoms with van der Waals surface area (Å²) in [6, 6.07) is 1.74. The highest BCUT2D eigenvalue weighted by atomic mass is 16.1. The average molecular weight is 207 g/mol. The summed E-state index contributed by atoms with van der Waals surface area (Å²) in [6.45, 7) is 7.88. The van der Waals surface area contributed by atoms with Crippen LogP contribution in [0.25, 0.3) is 0 Å². The van der Waals surface area contributed by atoms with Gasteiger partial charge in [0.05, 0.1) is 0 Å². The van der Waals surface area contributed by atoms with Gasteiger partial charge >= 0.3 is 0 Å². The van der Waals surface area contributed by atoms with Crippen molar-refractivity contribution in [3.63, 3.8) is 0 Å². The molecule has 1 rings (SSSR count). The normalized spacial score (nSPS) is 10.1. The summed E-state index contributed by atoms with van der Waals surface area (Å²) in [4.78, 5) is 21.3. The molecular formula is C11H17N3O. The molecule has 0 atom stereocenters. The molecule has 0 aliphatic heterocycles. The van der Waals surface area contributed by atoms with E-state index in [0.29, 0.717) is 5.69 Å². The number of aryl methyl sites for hydroxylation is 1. The summed E-state index contributed by atoms with van der Waals surface area (Å²) >= 11 is 0. The van der Waals surface area contributed by atoms with Crippen LogP contribution >= 0.6 is 0 Å². The number of hydrogen-bond acceptors (Lipinski definition) is 4. The monoisotopic (exact) mass is 207 g/mol. The standard InChI is InChI=1S/C11H17N3O/c1-4-10-12-9(8-15)7-11(13-10)14(5-2)6-3/h7-8H,4-6H2,1-3H3. The molecule has 82 valence electrons. The Balaban J connectivity index is 3.10. The van der Waals surface area contributed by atoms with Gasteiger partial charge in [-0.25, -0.2) is 9.97 Å². The van der Waals surface area contributed by atoms with E-state index in [0.717, 1.165) is 37.4 Å². The Kier molecular flexibility index (Phi) is 4.21. The van der Waals surface area contributed by atoms with Crippen molar-refractivity contribution in [3.8, 4) is 0 Å². The highest BCUT2D eigenvalue weighted by Gasteiger charge is 2.07. The lowest BCUT2D eigenvalue weighted by Crippen LogP contribution is -2.23. The Morgan fingerprint density at radius 1 is 1.27 bits per heavy atom. The van der Waals surface area contributed by atoms with Gasteiger partial charge in [-0.05, 0) is 13.8 Å². The fourth-order valence-electron chi connectivity index (χ4n) is 1.43. The molecule has 4 heteroatoms. The summed E-state index contributed by atoms with van der Waals surface area (Å²) in [5.74, 6) is 1.57. The topological polar surface area (TPSA) is 46.1 Å². The largest absolute Gasteiger partial charge is 0.357 e. The zero-order chi connectivity index (χ0) is 11.3. The van der Waals surface area contributed by atoms with Gasteiger partial charge in [-0.2, -0.15) is 0 Å². The molecule has 1 aromatic rings. The molecule has 0 spiro atoms. The third-order valence-electron chi connectivity index (χ3n) is 2.30. The van der Waals surface area contributed by atoms with E-state index in [1.807, 2.05) is 6.92 Å². The molecule has 15 heavy (non-hydrogen) atoms. The SMILES string of the molecule is CCc1nc(C=O)cc(N(CC)CC)n1. The number of aldehydes is 1. The molecule has 0 aliphatic rings. The first-order chi connectivity index (χ1) is 7.24. The number of anilines is 1. The first kappa shape index (κ1) is 11.6. The minimum absolute atomic E-state index is 0.462. The molecule has 1 aromatic heterocycles. The zero-order valence-corrected chi connectivity index (χ0v) is 9.53. The van der Waals surface area contributed by atoms with Crippen LogP contribution in [0.2, 0.25) is 0 Å². The van der Waals surface area contributed by atoms with Crippen LogP contribution in [0.15, 0.2) is 6.07 Å². The van der Waals surface area contributed by atoms with Gasteiger partial charge in [0.25, 0.3) is 0 Å². The average Bonchev–Trinajstić information content (AvgIpc) is 2.30. The van der Waals surface area contributed by atoms with Crippen LogP contribution in [0.1, 0.15) is 37.1 Å². The number of carbonyl (C=O) groups is 1. The number of hydrogen-bond donors (Lipinski definition) is 0. The lowest BCUT2D eigenvalue weighted by atomic mass is 10.3. The van der Waals surface area contributed by atoms with Gasteiger partial charge < -0.3 is 4.90 Å². The van der Waals surface area contributed by atoms with Crippen molar-refractivity contribution >= 4 is 12.1 Å². The fraction of sp³-hybridized carbons (Fsp3) is 0.545. The molecule has 0 fully saturated rings. The number of aromatic nitrogens is 2. The minimum Gasteiger partial charge on any atom is -0.357 e. The molecule has 0 N–H and O–H groups in total. The summed E-state index contributed by atoms with van der Waals surface area (Å²) in [6.07, 6.45) is 1.52. The summed E-state index contributed by atoms with van der Waals surface area (Å²) in [5, 5.41) is 0. The Morgan fingerprint density at radius 2 is 1.93 bits per heavy atom. The van der Waals surface area contributed by atoms with Crippen molar-refractivity contribution in [1.82, 2.24) is 9.97 Å². The van der Waals surface area contributed by atoms with Crippen molar-refractivity contribution in [1.29, 1.82) is 0 Å². The third kappa shape index (κ3) is 2.75.